The number of aromatic nitrogens is 2. The van der Waals surface area contributed by atoms with Gasteiger partial charge in [0.05, 0.1) is 5.56 Å². The van der Waals surface area contributed by atoms with Crippen molar-refractivity contribution in [2.24, 2.45) is 0 Å². The van der Waals surface area contributed by atoms with Gasteiger partial charge in [-0.15, -0.1) is 0 Å². The Morgan fingerprint density at radius 1 is 1.00 bits per heavy atom. The van der Waals surface area contributed by atoms with Crippen molar-refractivity contribution >= 4 is 17.5 Å². The maximum atomic E-state index is 12.6. The number of benzene rings is 2. The first-order valence-corrected chi connectivity index (χ1v) is 7.97. The van der Waals surface area contributed by atoms with Crippen molar-refractivity contribution in [1.82, 2.24) is 9.97 Å². The van der Waals surface area contributed by atoms with Crippen LogP contribution in [0.15, 0.2) is 60.8 Å². The van der Waals surface area contributed by atoms with Crippen LogP contribution in [-0.4, -0.2) is 9.97 Å². The summed E-state index contributed by atoms with van der Waals surface area (Å²) in [7, 11) is 0. The second-order valence-electron chi connectivity index (χ2n) is 5.81. The van der Waals surface area contributed by atoms with Crippen LogP contribution in [-0.2, 0) is 12.7 Å². The monoisotopic (exact) mass is 358 g/mol. The van der Waals surface area contributed by atoms with Crippen LogP contribution in [0.4, 0.5) is 30.6 Å². The second-order valence-corrected chi connectivity index (χ2v) is 5.81. The molecule has 0 aliphatic heterocycles. The second kappa shape index (κ2) is 7.43. The summed E-state index contributed by atoms with van der Waals surface area (Å²) in [5, 5.41) is 6.10. The molecular weight excluding hydrogens is 341 g/mol. The molecule has 134 valence electrons. The van der Waals surface area contributed by atoms with Crippen molar-refractivity contribution in [3.05, 3.63) is 77.5 Å². The topological polar surface area (TPSA) is 49.8 Å². The predicted molar refractivity (Wildman–Crippen MR) is 95.3 cm³/mol. The zero-order valence-corrected chi connectivity index (χ0v) is 14.0. The van der Waals surface area contributed by atoms with E-state index in [1.54, 1.807) is 12.3 Å². The lowest BCUT2D eigenvalue weighted by Crippen LogP contribution is -2.06. The van der Waals surface area contributed by atoms with E-state index in [1.165, 1.54) is 17.7 Å². The first kappa shape index (κ1) is 17.7. The van der Waals surface area contributed by atoms with Crippen molar-refractivity contribution in [2.75, 3.05) is 10.6 Å². The summed E-state index contributed by atoms with van der Waals surface area (Å²) in [5.74, 6) is 0.926. The average Bonchev–Trinajstić information content (AvgIpc) is 2.60. The minimum absolute atomic E-state index is 0.434. The van der Waals surface area contributed by atoms with Crippen molar-refractivity contribution in [1.29, 1.82) is 0 Å². The number of hydrogen-bond acceptors (Lipinski definition) is 4. The minimum Gasteiger partial charge on any atom is -0.350 e. The molecule has 4 nitrogen and oxygen atoms in total. The molecule has 1 aromatic heterocycles. The fourth-order valence-corrected chi connectivity index (χ4v) is 2.41. The highest BCUT2D eigenvalue weighted by Crippen LogP contribution is 2.30. The molecule has 0 saturated carbocycles. The number of alkyl halides is 3. The van der Waals surface area contributed by atoms with E-state index >= 15 is 0 Å². The molecule has 0 amide bonds. The smallest absolute Gasteiger partial charge is 0.350 e. The highest BCUT2D eigenvalue weighted by Gasteiger charge is 2.29. The largest absolute Gasteiger partial charge is 0.416 e. The molecule has 7 heteroatoms. The van der Waals surface area contributed by atoms with E-state index in [0.717, 1.165) is 17.7 Å². The highest BCUT2D eigenvalue weighted by atomic mass is 19.4. The van der Waals surface area contributed by atoms with Crippen LogP contribution in [0.25, 0.3) is 0 Å². The number of nitrogens with one attached hydrogen (secondary N) is 2. The Morgan fingerprint density at radius 2 is 1.77 bits per heavy atom. The van der Waals surface area contributed by atoms with Crippen LogP contribution in [0, 0.1) is 6.92 Å². The van der Waals surface area contributed by atoms with Crippen LogP contribution >= 0.6 is 0 Å². The zero-order valence-electron chi connectivity index (χ0n) is 14.0. The molecule has 0 atom stereocenters. The molecule has 0 saturated heterocycles. The first-order valence-electron chi connectivity index (χ1n) is 7.97. The van der Waals surface area contributed by atoms with E-state index in [1.807, 2.05) is 25.1 Å². The lowest BCUT2D eigenvalue weighted by atomic mass is 10.1. The average molecular weight is 358 g/mol. The van der Waals surface area contributed by atoms with Gasteiger partial charge in [0, 0.05) is 18.4 Å². The van der Waals surface area contributed by atoms with Gasteiger partial charge in [0.2, 0.25) is 5.95 Å². The molecule has 0 aliphatic rings. The van der Waals surface area contributed by atoms with Crippen LogP contribution in [0.5, 0.6) is 0 Å². The highest BCUT2D eigenvalue weighted by molar-refractivity contribution is 5.57. The summed E-state index contributed by atoms with van der Waals surface area (Å²) in [6.45, 7) is 2.60. The SMILES string of the molecule is Cc1cccc(CNc2nccc(Nc3ccc(C(F)(F)F)cc3)n2)c1. The quantitative estimate of drug-likeness (QED) is 0.661. The molecule has 0 aliphatic carbocycles. The summed E-state index contributed by atoms with van der Waals surface area (Å²) < 4.78 is 37.8. The number of anilines is 3. The molecule has 0 unspecified atom stereocenters. The van der Waals surface area contributed by atoms with E-state index < -0.39 is 11.7 Å². The summed E-state index contributed by atoms with van der Waals surface area (Å²) in [4.78, 5) is 8.48. The van der Waals surface area contributed by atoms with Gasteiger partial charge in [-0.3, -0.25) is 0 Å². The van der Waals surface area contributed by atoms with E-state index in [9.17, 15) is 13.2 Å². The predicted octanol–water partition coefficient (Wildman–Crippen LogP) is 5.16. The Hall–Kier alpha value is -3.09. The van der Waals surface area contributed by atoms with Gasteiger partial charge in [-0.25, -0.2) is 4.98 Å². The van der Waals surface area contributed by atoms with E-state index in [4.69, 9.17) is 0 Å². The Balaban J connectivity index is 1.65. The van der Waals surface area contributed by atoms with Crippen LogP contribution in [0.3, 0.4) is 0 Å². The molecule has 2 N–H and O–H groups in total. The van der Waals surface area contributed by atoms with Gasteiger partial charge < -0.3 is 10.6 Å². The molecule has 3 aromatic rings. The number of nitrogens with zero attached hydrogens (tertiary/aromatic N) is 2. The Bertz CT molecular complexity index is 876. The van der Waals surface area contributed by atoms with Crippen molar-refractivity contribution < 1.29 is 13.2 Å². The number of halogens is 3. The van der Waals surface area contributed by atoms with E-state index in [2.05, 4.69) is 26.7 Å². The van der Waals surface area contributed by atoms with Gasteiger partial charge in [-0.1, -0.05) is 29.8 Å². The van der Waals surface area contributed by atoms with Crippen LogP contribution < -0.4 is 10.6 Å². The normalized spacial score (nSPS) is 11.2. The third-order valence-electron chi connectivity index (χ3n) is 3.67. The molecule has 0 bridgehead atoms. The lowest BCUT2D eigenvalue weighted by Gasteiger charge is -2.10. The van der Waals surface area contributed by atoms with E-state index in [-0.39, 0.29) is 0 Å². The molecular formula is C19H17F3N4. The summed E-state index contributed by atoms with van der Waals surface area (Å²) in [5.41, 5.74) is 2.10. The first-order chi connectivity index (χ1) is 12.4. The molecule has 3 rings (SSSR count). The summed E-state index contributed by atoms with van der Waals surface area (Å²) in [6.07, 6.45) is -2.77. The summed E-state index contributed by atoms with van der Waals surface area (Å²) >= 11 is 0. The standard InChI is InChI=1S/C19H17F3N4/c1-13-3-2-4-14(11-13)12-24-18-23-10-9-17(26-18)25-16-7-5-15(6-8-16)19(20,21)22/h2-11H,12H2,1H3,(H2,23,24,25,26). The van der Waals surface area contributed by atoms with Gasteiger partial charge >= 0.3 is 6.18 Å². The minimum atomic E-state index is -4.35. The fourth-order valence-electron chi connectivity index (χ4n) is 2.41. The van der Waals surface area contributed by atoms with Crippen LogP contribution in [0.1, 0.15) is 16.7 Å². The zero-order chi connectivity index (χ0) is 18.6. The molecule has 0 fully saturated rings. The number of hydrogen-bond donors (Lipinski definition) is 2. The van der Waals surface area contributed by atoms with Gasteiger partial charge in [0.15, 0.2) is 0 Å². The number of rotatable bonds is 5. The van der Waals surface area contributed by atoms with E-state index in [0.29, 0.717) is 24.0 Å². The molecule has 0 radical (unpaired) electrons. The van der Waals surface area contributed by atoms with Crippen molar-refractivity contribution in [2.45, 2.75) is 19.6 Å². The third kappa shape index (κ3) is 4.72. The maximum absolute atomic E-state index is 12.6. The number of aryl methyl sites for hydroxylation is 1. The van der Waals surface area contributed by atoms with Crippen molar-refractivity contribution in [3.8, 4) is 0 Å². The molecule has 2 aromatic carbocycles. The van der Waals surface area contributed by atoms with Crippen LogP contribution in [0.2, 0.25) is 0 Å². The Morgan fingerprint density at radius 3 is 2.46 bits per heavy atom. The Kier molecular flexibility index (Phi) is 5.06. The lowest BCUT2D eigenvalue weighted by molar-refractivity contribution is -0.137. The summed E-state index contributed by atoms with van der Waals surface area (Å²) in [6, 6.07) is 14.5. The maximum Gasteiger partial charge on any atom is 0.416 e. The van der Waals surface area contributed by atoms with Gasteiger partial charge in [-0.05, 0) is 42.8 Å². The fraction of sp³-hybridized carbons (Fsp3) is 0.158. The van der Waals surface area contributed by atoms with Gasteiger partial charge in [0.1, 0.15) is 5.82 Å². The van der Waals surface area contributed by atoms with Gasteiger partial charge in [-0.2, -0.15) is 18.2 Å². The third-order valence-corrected chi connectivity index (χ3v) is 3.67. The molecule has 1 heterocycles. The van der Waals surface area contributed by atoms with Crippen molar-refractivity contribution in [3.63, 3.8) is 0 Å². The Labute approximate surface area is 149 Å². The van der Waals surface area contributed by atoms with Gasteiger partial charge in [0.25, 0.3) is 0 Å². The molecule has 0 spiro atoms. The molecule has 26 heavy (non-hydrogen) atoms.